The zero-order valence-electron chi connectivity index (χ0n) is 16.3. The number of rotatable bonds is 1. The van der Waals surface area contributed by atoms with Gasteiger partial charge in [-0.05, 0) is 59.4 Å². The van der Waals surface area contributed by atoms with E-state index in [0.29, 0.717) is 0 Å². The average molecular weight is 365 g/mol. The van der Waals surface area contributed by atoms with Crippen molar-refractivity contribution in [2.45, 2.75) is 37.9 Å². The van der Waals surface area contributed by atoms with Gasteiger partial charge in [0, 0.05) is 16.5 Å². The second kappa shape index (κ2) is 5.71. The molecule has 3 aromatic carbocycles. The smallest absolute Gasteiger partial charge is 0.0656 e. The molecule has 0 amide bonds. The highest BCUT2D eigenvalue weighted by Gasteiger charge is 2.52. The number of hydrogen-bond donors (Lipinski definition) is 0. The molecule has 0 N–H and O–H groups in total. The van der Waals surface area contributed by atoms with E-state index < -0.39 is 8.07 Å². The largest absolute Gasteiger partial charge is 0.0775 e. The molecule has 1 spiro atoms. The number of hydrogen-bond acceptors (Lipinski definition) is 0. The quantitative estimate of drug-likeness (QED) is 0.384. The van der Waals surface area contributed by atoms with Gasteiger partial charge in [0.05, 0.1) is 8.07 Å². The van der Waals surface area contributed by atoms with Crippen LogP contribution in [0.1, 0.15) is 35.1 Å². The van der Waals surface area contributed by atoms with Gasteiger partial charge >= 0.3 is 0 Å². The van der Waals surface area contributed by atoms with Crippen molar-refractivity contribution in [3.05, 3.63) is 89.0 Å². The van der Waals surface area contributed by atoms with Gasteiger partial charge in [-0.2, -0.15) is 0 Å². The maximum atomic E-state index is 3.40. The highest BCUT2D eigenvalue weighted by molar-refractivity contribution is 6.88. The second-order valence-corrected chi connectivity index (χ2v) is 14.0. The standard InChI is InChI=1S/C26H24Si/c1-27(2,3)21-13-10-19(11-14-21)8-9-20-12-15-23-22-6-4-5-7-24(22)26(16-17-26)25(23)18-20/h4-7,10-15,18H,16-17H2,1-3H3. The van der Waals surface area contributed by atoms with Crippen molar-refractivity contribution in [3.63, 3.8) is 0 Å². The molecule has 0 saturated heterocycles. The van der Waals surface area contributed by atoms with Gasteiger partial charge in [-0.3, -0.25) is 0 Å². The summed E-state index contributed by atoms with van der Waals surface area (Å²) in [5, 5.41) is 1.49. The van der Waals surface area contributed by atoms with Crippen LogP contribution in [0.4, 0.5) is 0 Å². The molecule has 3 aromatic rings. The second-order valence-electron chi connectivity index (χ2n) is 8.97. The summed E-state index contributed by atoms with van der Waals surface area (Å²) in [4.78, 5) is 0. The topological polar surface area (TPSA) is 0 Å². The molecule has 0 bridgehead atoms. The molecule has 1 fully saturated rings. The Kier molecular flexibility index (Phi) is 3.51. The summed E-state index contributed by atoms with van der Waals surface area (Å²) < 4.78 is 0. The van der Waals surface area contributed by atoms with E-state index in [-0.39, 0.29) is 5.41 Å². The highest BCUT2D eigenvalue weighted by Crippen LogP contribution is 2.62. The van der Waals surface area contributed by atoms with Crippen LogP contribution in [0.3, 0.4) is 0 Å². The summed E-state index contributed by atoms with van der Waals surface area (Å²) in [6, 6.07) is 24.6. The van der Waals surface area contributed by atoms with Crippen molar-refractivity contribution >= 4 is 13.3 Å². The van der Waals surface area contributed by atoms with Crippen LogP contribution < -0.4 is 5.19 Å². The summed E-state index contributed by atoms with van der Waals surface area (Å²) in [5.41, 5.74) is 8.35. The minimum absolute atomic E-state index is 0.280. The van der Waals surface area contributed by atoms with Crippen molar-refractivity contribution in [1.82, 2.24) is 0 Å². The zero-order valence-corrected chi connectivity index (χ0v) is 17.3. The lowest BCUT2D eigenvalue weighted by Gasteiger charge is -2.15. The summed E-state index contributed by atoms with van der Waals surface area (Å²) in [6.45, 7) is 7.14. The van der Waals surface area contributed by atoms with Gasteiger partial charge < -0.3 is 0 Å². The SMILES string of the molecule is C[Si](C)(C)c1ccc(C#Cc2ccc3c(c2)C2(CC2)c2ccccc2-3)cc1. The van der Waals surface area contributed by atoms with E-state index in [1.165, 1.54) is 40.3 Å². The van der Waals surface area contributed by atoms with Crippen molar-refractivity contribution < 1.29 is 0 Å². The fourth-order valence-corrected chi connectivity index (χ4v) is 5.56. The van der Waals surface area contributed by atoms with Crippen LogP contribution in [0.5, 0.6) is 0 Å². The van der Waals surface area contributed by atoms with Crippen LogP contribution in [0.2, 0.25) is 19.6 Å². The Morgan fingerprint density at radius 2 is 1.33 bits per heavy atom. The van der Waals surface area contributed by atoms with E-state index in [1.807, 2.05) is 0 Å². The van der Waals surface area contributed by atoms with E-state index in [1.54, 1.807) is 0 Å². The van der Waals surface area contributed by atoms with Gasteiger partial charge in [0.15, 0.2) is 0 Å². The first-order valence-corrected chi connectivity index (χ1v) is 13.3. The highest BCUT2D eigenvalue weighted by atomic mass is 28.3. The third kappa shape index (κ3) is 2.68. The predicted molar refractivity (Wildman–Crippen MR) is 117 cm³/mol. The van der Waals surface area contributed by atoms with Crippen LogP contribution >= 0.6 is 0 Å². The molecule has 0 nitrogen and oxygen atoms in total. The van der Waals surface area contributed by atoms with Crippen LogP contribution in [0.25, 0.3) is 11.1 Å². The Morgan fingerprint density at radius 3 is 2.04 bits per heavy atom. The fraction of sp³-hybridized carbons (Fsp3) is 0.231. The first-order chi connectivity index (χ1) is 13.0. The molecular formula is C26H24Si. The van der Waals surface area contributed by atoms with Crippen LogP contribution in [-0.2, 0) is 5.41 Å². The molecule has 0 aliphatic heterocycles. The van der Waals surface area contributed by atoms with Crippen molar-refractivity contribution in [2.75, 3.05) is 0 Å². The Balaban J connectivity index is 1.48. The maximum absolute atomic E-state index is 3.40. The molecule has 1 heteroatoms. The van der Waals surface area contributed by atoms with E-state index >= 15 is 0 Å². The summed E-state index contributed by atoms with van der Waals surface area (Å²) >= 11 is 0. The molecule has 0 atom stereocenters. The Labute approximate surface area is 163 Å². The van der Waals surface area contributed by atoms with Crippen molar-refractivity contribution in [2.24, 2.45) is 0 Å². The van der Waals surface area contributed by atoms with E-state index in [0.717, 1.165) is 11.1 Å². The maximum Gasteiger partial charge on any atom is 0.0775 e. The van der Waals surface area contributed by atoms with Gasteiger partial charge in [0.1, 0.15) is 0 Å². The monoisotopic (exact) mass is 364 g/mol. The Bertz CT molecular complexity index is 1100. The lowest BCUT2D eigenvalue weighted by atomic mass is 9.93. The third-order valence-corrected chi connectivity index (χ3v) is 8.19. The van der Waals surface area contributed by atoms with Gasteiger partial charge in [-0.1, -0.05) is 79.1 Å². The fourth-order valence-electron chi connectivity index (χ4n) is 4.39. The molecular weight excluding hydrogens is 340 g/mol. The Morgan fingerprint density at radius 1 is 0.704 bits per heavy atom. The van der Waals surface area contributed by atoms with Crippen LogP contribution in [0, 0.1) is 11.8 Å². The number of benzene rings is 3. The minimum atomic E-state index is -1.24. The first kappa shape index (κ1) is 16.6. The molecule has 1 saturated carbocycles. The van der Waals surface area contributed by atoms with Gasteiger partial charge in [-0.15, -0.1) is 0 Å². The number of fused-ring (bicyclic) bond motifs is 5. The van der Waals surface area contributed by atoms with Gasteiger partial charge in [0.25, 0.3) is 0 Å². The molecule has 2 aliphatic carbocycles. The van der Waals surface area contributed by atoms with E-state index in [2.05, 4.69) is 98.2 Å². The molecule has 2 aliphatic rings. The van der Waals surface area contributed by atoms with Gasteiger partial charge in [0.2, 0.25) is 0 Å². The molecule has 0 unspecified atom stereocenters. The van der Waals surface area contributed by atoms with E-state index in [4.69, 9.17) is 0 Å². The summed E-state index contributed by atoms with van der Waals surface area (Å²) in [5.74, 6) is 6.77. The minimum Gasteiger partial charge on any atom is -0.0656 e. The van der Waals surface area contributed by atoms with Crippen LogP contribution in [-0.4, -0.2) is 8.07 Å². The van der Waals surface area contributed by atoms with Gasteiger partial charge in [-0.25, -0.2) is 0 Å². The summed E-state index contributed by atoms with van der Waals surface area (Å²) in [6.07, 6.45) is 2.54. The van der Waals surface area contributed by atoms with Crippen molar-refractivity contribution in [1.29, 1.82) is 0 Å². The molecule has 0 radical (unpaired) electrons. The average Bonchev–Trinajstić information content (AvgIpc) is 3.42. The normalized spacial score (nSPS) is 15.7. The Hall–Kier alpha value is -2.56. The lowest BCUT2D eigenvalue weighted by molar-refractivity contribution is 0.879. The van der Waals surface area contributed by atoms with Crippen molar-refractivity contribution in [3.8, 4) is 23.0 Å². The lowest BCUT2D eigenvalue weighted by Crippen LogP contribution is -2.37. The molecule has 5 rings (SSSR count). The molecule has 132 valence electrons. The predicted octanol–water partition coefficient (Wildman–Crippen LogP) is 5.69. The first-order valence-electron chi connectivity index (χ1n) is 9.84. The molecule has 0 aromatic heterocycles. The molecule has 0 heterocycles. The third-order valence-electron chi connectivity index (χ3n) is 6.12. The van der Waals surface area contributed by atoms with E-state index in [9.17, 15) is 0 Å². The molecule has 27 heavy (non-hydrogen) atoms. The van der Waals surface area contributed by atoms with Crippen LogP contribution in [0.15, 0.2) is 66.7 Å². The zero-order chi connectivity index (χ0) is 18.6. The summed E-state index contributed by atoms with van der Waals surface area (Å²) in [7, 11) is -1.24.